The summed E-state index contributed by atoms with van der Waals surface area (Å²) in [5, 5.41) is 26.0. The summed E-state index contributed by atoms with van der Waals surface area (Å²) in [4.78, 5) is 108. The minimum absolute atomic E-state index is 0. The monoisotopic (exact) mass is 2550 g/mol. The van der Waals surface area contributed by atoms with E-state index in [1.165, 1.54) is 110 Å². The number of hydrogen-bond acceptors (Lipinski definition) is 20. The van der Waals surface area contributed by atoms with Gasteiger partial charge in [0.25, 0.3) is 44.4 Å². The number of nitrogens with two attached hydrogens (primary N) is 1. The number of aliphatic hydroxyl groups excluding tert-OH is 1. The molecule has 0 unspecified atom stereocenters. The van der Waals surface area contributed by atoms with Gasteiger partial charge in [-0.1, -0.05) is 71.2 Å². The number of methoxy groups -OCH3 is 1. The summed E-state index contributed by atoms with van der Waals surface area (Å²) in [6.07, 6.45) is 26.8. The van der Waals surface area contributed by atoms with Crippen molar-refractivity contribution in [1.82, 2.24) is 58.2 Å². The molecule has 1 aliphatic heterocycles. The number of nitrogens with one attached hydrogen (secondary N) is 2. The van der Waals surface area contributed by atoms with Gasteiger partial charge < -0.3 is 72.6 Å². The number of carbonyl (C=O) groups excluding carboxylic acids is 4. The van der Waals surface area contributed by atoms with Gasteiger partial charge in [-0.05, 0) is 290 Å². The number of hydrogen-bond donors (Lipinski definition) is 5. The molecule has 29 nitrogen and oxygen atoms in total. The van der Waals surface area contributed by atoms with E-state index in [0.29, 0.717) is 59.4 Å². The van der Waals surface area contributed by atoms with E-state index in [9.17, 15) is 73.5 Å². The Morgan fingerprint density at radius 1 is 0.521 bits per heavy atom. The van der Waals surface area contributed by atoms with Gasteiger partial charge in [0.1, 0.15) is 23.2 Å². The van der Waals surface area contributed by atoms with Crippen molar-refractivity contribution in [1.29, 1.82) is 0 Å². The lowest BCUT2D eigenvalue weighted by Crippen LogP contribution is -3.00. The van der Waals surface area contributed by atoms with Crippen LogP contribution in [0, 0.1) is 40.1 Å². The fraction of sp³-hybridized carbons (Fsp3) is 0.167. The summed E-state index contributed by atoms with van der Waals surface area (Å²) < 4.78 is 131. The Balaban J connectivity index is 0.000000302. The normalized spacial score (nSPS) is 11.6. The van der Waals surface area contributed by atoms with Crippen LogP contribution in [0.5, 0.6) is 0 Å². The van der Waals surface area contributed by atoms with Gasteiger partial charge in [-0.25, -0.2) is 48.5 Å². The second-order valence-electron chi connectivity index (χ2n) is 30.6. The molecule has 16 rings (SSSR count). The molecule has 772 valence electrons. The molecule has 0 bridgehead atoms. The average Bonchev–Trinajstić information content (AvgIpc) is 1.58. The van der Waals surface area contributed by atoms with Gasteiger partial charge in [0.15, 0.2) is 57.2 Å². The van der Waals surface area contributed by atoms with Gasteiger partial charge >= 0.3 is 13.1 Å². The maximum Gasteiger partial charge on any atom is 0.497 e. The number of rotatable bonds is 20. The molecular formula is C96H87BBr6Cl7F6N15O14S. The van der Waals surface area contributed by atoms with Crippen LogP contribution in [-0.4, -0.2) is 115 Å². The fourth-order valence-corrected chi connectivity index (χ4v) is 16.2. The highest BCUT2D eigenvalue weighted by atomic mass is 79.9. The summed E-state index contributed by atoms with van der Waals surface area (Å²) in [6, 6.07) is 41.6. The predicted octanol–water partition coefficient (Wildman–Crippen LogP) is 15.6. The van der Waals surface area contributed by atoms with Crippen molar-refractivity contribution >= 4 is 224 Å². The number of ether oxygens (including phenoxy) is 1. The maximum atomic E-state index is 13.4. The zero-order valence-electron chi connectivity index (χ0n) is 76.9. The van der Waals surface area contributed by atoms with Gasteiger partial charge in [0, 0.05) is 156 Å². The van der Waals surface area contributed by atoms with Crippen LogP contribution in [0.15, 0.2) is 321 Å². The van der Waals surface area contributed by atoms with Crippen molar-refractivity contribution in [3.8, 4) is 0 Å². The van der Waals surface area contributed by atoms with E-state index in [1.54, 1.807) is 123 Å². The molecule has 3 amide bonds. The van der Waals surface area contributed by atoms with Crippen molar-refractivity contribution in [3.63, 3.8) is 0 Å². The Kier molecular flexibility index (Phi) is 52.9. The SMILES string of the molecule is CC1(C)OB(c2cn(S(=O)(=O)c3ccccc3)c3ncccc23)OC1(C)C.COC(=O)c1cncc(Br)c1.Cl.Cl.ClC(Cl)Cl.ClCc1cncc(Br)c1.NC(=O)c1cccn(Cc2ccc(F)c(F)c2)c1=O.O=C(NCc1cc(Br)c[n+]([O-])c1)c1cccn(Cc2ccc(F)c(F)c2)c1=O.O=C(NCc1cncc(Br)c1)c1cccn(Cc2ccc(F)c(F)c2)c1=O.OCc1cncc(Br)c1.[Cl-].[NH3+]Cc1cncc(Br)c1. The van der Waals surface area contributed by atoms with Gasteiger partial charge in [0.05, 0.1) is 59.5 Å². The maximum absolute atomic E-state index is 13.4. The van der Waals surface area contributed by atoms with E-state index in [4.69, 9.17) is 66.6 Å². The van der Waals surface area contributed by atoms with E-state index >= 15 is 0 Å². The van der Waals surface area contributed by atoms with Crippen LogP contribution in [0.3, 0.4) is 0 Å². The Labute approximate surface area is 922 Å². The molecule has 1 saturated heterocycles. The summed E-state index contributed by atoms with van der Waals surface area (Å²) >= 11 is 39.5. The quantitative estimate of drug-likeness (QED) is 0.0118. The van der Waals surface area contributed by atoms with E-state index in [1.807, 2.05) is 58.2 Å². The molecule has 11 aromatic heterocycles. The highest BCUT2D eigenvalue weighted by Crippen LogP contribution is 2.38. The number of pyridine rings is 10. The number of primary amides is 1. The number of aliphatic hydroxyl groups is 1. The molecule has 50 heteroatoms. The standard InChI is InChI=1S/C19H21BN2O4S.C19H14BrF2N3O3.C19H14BrF2N3O2.C13H10F2N2O2.C7H6BrNO2.C6H5BrClN.C6H7BrN2.C6H6BrNO.CHCl3.3ClH/c1-18(2)19(3,4)26-20(25-18)16-13-22(17-15(16)11-8-12-21-17)27(23,24)14-9-6-5-7-10-14;20-14-6-13(10-25(28)11-14)8-23-18(26)15-2-1-5-24(19(15)27)9-12-3-4-16(21)17(22)7-12;20-14-6-13(8-23-10-14)9-24-18(26)15-2-1-5-25(19(15)27)11-12-3-4-16(21)17(22)7-12;14-10-4-3-8(6-11(10)15)7-17-5-1-2-9(12(16)18)13(17)19;1-11-7(10)5-2-6(8)4-9-3-5;2*7-6-1-5(2-8)3-9-4-6;7-6-1-5(4-9)2-8-3-6;2-1(3)4;;;/h5-13H,1-4H3;1-7,10-11H,8-9H2,(H,23,26);1-8,10H,9,11H2,(H,24,26);1-6H,7H2,(H2,16,18);2-4H,1H3;1,3-4H,2H2;1,3-4H,2,8H2;1-3,9H,4H2;1H;3*1H. The summed E-state index contributed by atoms with van der Waals surface area (Å²) in [5.41, 5.74) is 12.8. The number of alkyl halides is 4. The molecule has 0 atom stereocenters. The molecule has 0 radical (unpaired) electrons. The topological polar surface area (TPSA) is 403 Å². The first-order valence-corrected chi connectivity index (χ1v) is 49.6. The molecular weight excluding hydrogens is 2470 g/mol. The number of halogens is 19. The Bertz CT molecular complexity index is 7120. The number of amides is 3. The number of esters is 1. The zero-order chi connectivity index (χ0) is 105. The van der Waals surface area contributed by atoms with Gasteiger partial charge in [-0.3, -0.25) is 53.7 Å². The Morgan fingerprint density at radius 2 is 0.911 bits per heavy atom. The minimum Gasteiger partial charge on any atom is -1.00 e. The molecule has 0 saturated carbocycles. The fourth-order valence-electron chi connectivity index (χ4n) is 12.2. The molecule has 4 aromatic carbocycles. The predicted molar refractivity (Wildman–Crippen MR) is 566 cm³/mol. The molecule has 146 heavy (non-hydrogen) atoms. The van der Waals surface area contributed by atoms with Crippen LogP contribution in [0.2, 0.25) is 0 Å². The number of fused-ring (bicyclic) bond motifs is 1. The molecule has 12 heterocycles. The minimum atomic E-state index is -3.79. The van der Waals surface area contributed by atoms with Crippen molar-refractivity contribution in [2.45, 2.75) is 99.8 Å². The van der Waals surface area contributed by atoms with Crippen LogP contribution < -0.4 is 61.4 Å². The summed E-state index contributed by atoms with van der Waals surface area (Å²) in [5.74, 6) is -7.70. The summed E-state index contributed by atoms with van der Waals surface area (Å²) in [7, 11) is -3.12. The summed E-state index contributed by atoms with van der Waals surface area (Å²) in [6.45, 7) is 9.00. The lowest BCUT2D eigenvalue weighted by Gasteiger charge is -2.32. The van der Waals surface area contributed by atoms with Crippen molar-refractivity contribution in [2.75, 3.05) is 7.11 Å². The molecule has 15 aromatic rings. The number of quaternary nitrogens is 1. The average molecular weight is 2560 g/mol. The first-order valence-electron chi connectivity index (χ1n) is 41.6. The number of aromatic nitrogens is 11. The van der Waals surface area contributed by atoms with E-state index in [0.717, 1.165) is 87.6 Å². The third-order valence-electron chi connectivity index (χ3n) is 19.8. The third-order valence-corrected chi connectivity index (χ3v) is 24.3. The highest BCUT2D eigenvalue weighted by molar-refractivity contribution is 9.11. The van der Waals surface area contributed by atoms with Crippen molar-refractivity contribution in [2.24, 2.45) is 5.73 Å². The molecule has 1 fully saturated rings. The molecule has 1 aliphatic rings. The molecule has 8 N–H and O–H groups in total. The zero-order valence-corrected chi connectivity index (χ0v) is 92.6. The molecule has 0 aliphatic carbocycles. The van der Waals surface area contributed by atoms with Crippen molar-refractivity contribution in [3.05, 3.63) is 440 Å². The lowest BCUT2D eigenvalue weighted by atomic mass is 9.79. The third kappa shape index (κ3) is 39.1. The van der Waals surface area contributed by atoms with Gasteiger partial charge in [-0.15, -0.1) is 36.4 Å². The van der Waals surface area contributed by atoms with Gasteiger partial charge in [-0.2, -0.15) is 4.73 Å². The largest absolute Gasteiger partial charge is 1.00 e. The lowest BCUT2D eigenvalue weighted by molar-refractivity contribution is -0.606. The Hall–Kier alpha value is -10.7. The highest BCUT2D eigenvalue weighted by Gasteiger charge is 2.53. The second-order valence-corrected chi connectivity index (χ2v) is 40.2. The van der Waals surface area contributed by atoms with Crippen LogP contribution in [0.4, 0.5) is 26.3 Å². The second kappa shape index (κ2) is 61.3. The van der Waals surface area contributed by atoms with Gasteiger partial charge in [0.2, 0.25) is 0 Å². The smallest absolute Gasteiger partial charge is 0.497 e. The molecule has 0 spiro atoms. The first kappa shape index (κ1) is 126. The Morgan fingerprint density at radius 3 is 1.30 bits per heavy atom. The first-order chi connectivity index (χ1) is 67.8. The number of benzene rings is 4. The van der Waals surface area contributed by atoms with Crippen LogP contribution >= 0.6 is 167 Å². The van der Waals surface area contributed by atoms with E-state index in [-0.39, 0.29) is 104 Å². The number of carbonyl (C=O) groups is 4. The van der Waals surface area contributed by atoms with E-state index < -0.39 is 102 Å². The van der Waals surface area contributed by atoms with Crippen molar-refractivity contribution < 1.29 is 96.0 Å². The number of nitrogens with zero attached hydrogens (tertiary/aromatic N) is 11. The van der Waals surface area contributed by atoms with Crippen LogP contribution in [-0.2, 0) is 75.8 Å². The van der Waals surface area contributed by atoms with E-state index in [2.05, 4.69) is 147 Å². The van der Waals surface area contributed by atoms with Crippen LogP contribution in [0.25, 0.3) is 11.0 Å². The van der Waals surface area contributed by atoms with Crippen LogP contribution in [0.1, 0.15) is 114 Å².